The Morgan fingerprint density at radius 3 is 2.79 bits per heavy atom. The Kier molecular flexibility index (Phi) is 2.23. The molecule has 0 N–H and O–H groups in total. The molecule has 1 aromatic heterocycles. The highest BCUT2D eigenvalue weighted by Gasteiger charge is 2.06. The Labute approximate surface area is 80.9 Å². The Bertz CT molecular complexity index is 421. The quantitative estimate of drug-likeness (QED) is 0.729. The van der Waals surface area contributed by atoms with Gasteiger partial charge in [-0.3, -0.25) is 0 Å². The third-order valence-electron chi connectivity index (χ3n) is 1.96. The molecule has 1 heterocycles. The molecule has 0 aliphatic rings. The Morgan fingerprint density at radius 1 is 1.29 bits per heavy atom. The fourth-order valence-corrected chi connectivity index (χ4v) is 1.26. The molecule has 0 unspecified atom stereocenters. The molecule has 2 rings (SSSR count). The van der Waals surface area contributed by atoms with Gasteiger partial charge in [0.05, 0.1) is 13.4 Å². The monoisotopic (exact) mass is 192 g/mol. The molecule has 2 nitrogen and oxygen atoms in total. The summed E-state index contributed by atoms with van der Waals surface area (Å²) in [5, 5.41) is 0. The highest BCUT2D eigenvalue weighted by atomic mass is 19.1. The van der Waals surface area contributed by atoms with Crippen molar-refractivity contribution in [1.29, 1.82) is 0 Å². The minimum Gasteiger partial charge on any atom is -0.494 e. The fraction of sp³-hybridized carbons (Fsp3) is 0.0909. The van der Waals surface area contributed by atoms with Crippen LogP contribution in [0.2, 0.25) is 0 Å². The lowest BCUT2D eigenvalue weighted by atomic mass is 10.1. The predicted molar refractivity (Wildman–Crippen MR) is 50.7 cm³/mol. The number of halogens is 1. The van der Waals surface area contributed by atoms with Crippen LogP contribution in [0.3, 0.4) is 0 Å². The molecule has 14 heavy (non-hydrogen) atoms. The number of hydrogen-bond acceptors (Lipinski definition) is 2. The second kappa shape index (κ2) is 3.54. The van der Waals surface area contributed by atoms with Gasteiger partial charge in [-0.1, -0.05) is 0 Å². The average Bonchev–Trinajstić information content (AvgIpc) is 2.71. The van der Waals surface area contributed by atoms with Crippen LogP contribution < -0.4 is 4.74 Å². The maximum absolute atomic E-state index is 13.1. The van der Waals surface area contributed by atoms with Crippen molar-refractivity contribution in [2.45, 2.75) is 0 Å². The summed E-state index contributed by atoms with van der Waals surface area (Å²) in [6, 6.07) is 8.21. The van der Waals surface area contributed by atoms with Crippen LogP contribution >= 0.6 is 0 Å². The molecule has 0 amide bonds. The highest BCUT2D eigenvalue weighted by molar-refractivity contribution is 5.59. The van der Waals surface area contributed by atoms with Gasteiger partial charge in [-0.25, -0.2) is 4.39 Å². The molecular formula is C11H9FO2. The first-order valence-corrected chi connectivity index (χ1v) is 4.18. The molecule has 0 saturated carbocycles. The van der Waals surface area contributed by atoms with Crippen molar-refractivity contribution in [3.05, 3.63) is 42.4 Å². The number of rotatable bonds is 2. The van der Waals surface area contributed by atoms with E-state index in [9.17, 15) is 4.39 Å². The number of ether oxygens (including phenoxy) is 1. The van der Waals surface area contributed by atoms with E-state index in [2.05, 4.69) is 0 Å². The van der Waals surface area contributed by atoms with E-state index in [4.69, 9.17) is 9.15 Å². The van der Waals surface area contributed by atoms with Gasteiger partial charge in [0.2, 0.25) is 0 Å². The first-order chi connectivity index (χ1) is 6.81. The van der Waals surface area contributed by atoms with Crippen molar-refractivity contribution in [3.8, 4) is 17.1 Å². The standard InChI is InChI=1S/C11H9FO2/c1-13-11-7-8(4-5-9(11)12)10-3-2-6-14-10/h2-7H,1H3. The second-order valence-electron chi connectivity index (χ2n) is 2.83. The van der Waals surface area contributed by atoms with Crippen molar-refractivity contribution in [1.82, 2.24) is 0 Å². The van der Waals surface area contributed by atoms with Crippen LogP contribution in [0.4, 0.5) is 4.39 Å². The van der Waals surface area contributed by atoms with Gasteiger partial charge in [-0.05, 0) is 30.3 Å². The molecule has 0 radical (unpaired) electrons. The largest absolute Gasteiger partial charge is 0.494 e. The first kappa shape index (κ1) is 8.81. The zero-order chi connectivity index (χ0) is 9.97. The van der Waals surface area contributed by atoms with Crippen molar-refractivity contribution in [3.63, 3.8) is 0 Å². The number of furan rings is 1. The van der Waals surface area contributed by atoms with Gasteiger partial charge in [0.1, 0.15) is 5.76 Å². The van der Waals surface area contributed by atoms with Crippen LogP contribution in [-0.4, -0.2) is 7.11 Å². The molecule has 0 aliphatic heterocycles. The fourth-order valence-electron chi connectivity index (χ4n) is 1.26. The Balaban J connectivity index is 2.46. The number of benzene rings is 1. The third kappa shape index (κ3) is 1.48. The smallest absolute Gasteiger partial charge is 0.165 e. The van der Waals surface area contributed by atoms with E-state index >= 15 is 0 Å². The van der Waals surface area contributed by atoms with E-state index in [1.165, 1.54) is 13.2 Å². The van der Waals surface area contributed by atoms with E-state index in [1.54, 1.807) is 24.5 Å². The van der Waals surface area contributed by atoms with Gasteiger partial charge in [-0.15, -0.1) is 0 Å². The molecule has 1 aromatic carbocycles. The summed E-state index contributed by atoms with van der Waals surface area (Å²) in [7, 11) is 1.43. The summed E-state index contributed by atoms with van der Waals surface area (Å²) in [5.41, 5.74) is 0.799. The SMILES string of the molecule is COc1cc(-c2ccco2)ccc1F. The van der Waals surface area contributed by atoms with E-state index < -0.39 is 0 Å². The van der Waals surface area contributed by atoms with Gasteiger partial charge in [-0.2, -0.15) is 0 Å². The topological polar surface area (TPSA) is 22.4 Å². The third-order valence-corrected chi connectivity index (χ3v) is 1.96. The van der Waals surface area contributed by atoms with Crippen LogP contribution in [0.15, 0.2) is 41.0 Å². The lowest BCUT2D eigenvalue weighted by molar-refractivity contribution is 0.386. The molecule has 0 bridgehead atoms. The van der Waals surface area contributed by atoms with Crippen molar-refractivity contribution in [2.75, 3.05) is 7.11 Å². The lowest BCUT2D eigenvalue weighted by Crippen LogP contribution is -1.87. The molecule has 0 atom stereocenters. The van der Waals surface area contributed by atoms with Crippen LogP contribution in [0.1, 0.15) is 0 Å². The molecule has 2 aromatic rings. The predicted octanol–water partition coefficient (Wildman–Crippen LogP) is 3.09. The Hall–Kier alpha value is -1.77. The van der Waals surface area contributed by atoms with E-state index in [-0.39, 0.29) is 11.6 Å². The molecule has 3 heteroatoms. The number of methoxy groups -OCH3 is 1. The zero-order valence-corrected chi connectivity index (χ0v) is 7.66. The van der Waals surface area contributed by atoms with E-state index in [0.29, 0.717) is 5.76 Å². The van der Waals surface area contributed by atoms with Crippen molar-refractivity contribution >= 4 is 0 Å². The average molecular weight is 192 g/mol. The maximum Gasteiger partial charge on any atom is 0.165 e. The molecule has 0 spiro atoms. The summed E-state index contributed by atoms with van der Waals surface area (Å²) in [5.74, 6) is 0.546. The van der Waals surface area contributed by atoms with E-state index in [1.807, 2.05) is 6.07 Å². The van der Waals surface area contributed by atoms with Gasteiger partial charge in [0.15, 0.2) is 11.6 Å². The van der Waals surface area contributed by atoms with Gasteiger partial charge in [0.25, 0.3) is 0 Å². The molecule has 72 valence electrons. The second-order valence-corrected chi connectivity index (χ2v) is 2.83. The van der Waals surface area contributed by atoms with Gasteiger partial charge in [0, 0.05) is 5.56 Å². The lowest BCUT2D eigenvalue weighted by Gasteiger charge is -2.03. The summed E-state index contributed by atoms with van der Waals surface area (Å²) >= 11 is 0. The van der Waals surface area contributed by atoms with E-state index in [0.717, 1.165) is 5.56 Å². The van der Waals surface area contributed by atoms with Gasteiger partial charge < -0.3 is 9.15 Å². The highest BCUT2D eigenvalue weighted by Crippen LogP contribution is 2.26. The minimum atomic E-state index is -0.372. The zero-order valence-electron chi connectivity index (χ0n) is 7.66. The molecular weight excluding hydrogens is 183 g/mol. The summed E-state index contributed by atoms with van der Waals surface area (Å²) in [4.78, 5) is 0. The minimum absolute atomic E-state index is 0.221. The van der Waals surface area contributed by atoms with Crippen LogP contribution in [-0.2, 0) is 0 Å². The van der Waals surface area contributed by atoms with Crippen LogP contribution in [0.25, 0.3) is 11.3 Å². The normalized spacial score (nSPS) is 10.1. The summed E-state index contributed by atoms with van der Waals surface area (Å²) in [6.07, 6.45) is 1.57. The van der Waals surface area contributed by atoms with Crippen molar-refractivity contribution < 1.29 is 13.5 Å². The van der Waals surface area contributed by atoms with Crippen LogP contribution in [0.5, 0.6) is 5.75 Å². The van der Waals surface area contributed by atoms with Crippen LogP contribution in [0, 0.1) is 5.82 Å². The Morgan fingerprint density at radius 2 is 2.14 bits per heavy atom. The summed E-state index contributed by atoms with van der Waals surface area (Å²) < 4.78 is 23.1. The maximum atomic E-state index is 13.1. The molecule has 0 aliphatic carbocycles. The summed E-state index contributed by atoms with van der Waals surface area (Å²) in [6.45, 7) is 0. The molecule has 0 fully saturated rings. The first-order valence-electron chi connectivity index (χ1n) is 4.18. The van der Waals surface area contributed by atoms with Gasteiger partial charge >= 0.3 is 0 Å². The molecule has 0 saturated heterocycles. The van der Waals surface area contributed by atoms with Crippen molar-refractivity contribution in [2.24, 2.45) is 0 Å². The number of hydrogen-bond donors (Lipinski definition) is 0.